The van der Waals surface area contributed by atoms with Crippen LogP contribution in [0.25, 0.3) is 26.8 Å². The molecule has 0 saturated heterocycles. The van der Waals surface area contributed by atoms with Gasteiger partial charge in [0.1, 0.15) is 15.5 Å². The molecule has 5 aromatic rings. The van der Waals surface area contributed by atoms with Gasteiger partial charge in [0.2, 0.25) is 0 Å². The topological polar surface area (TPSA) is 210 Å². The number of rotatable bonds is 7. The SMILES string of the molecule is Nc1c(N=Nc2ccc(-c3ccc(N/N=C4\C=C(S(=O)(=O)O)c5ccccc5C4N)cc3)cc2)cc(S(=O)(=O)O)c2ccccc12. The molecule has 1 atom stereocenters. The van der Waals surface area contributed by atoms with Crippen LogP contribution in [0.1, 0.15) is 17.2 Å². The summed E-state index contributed by atoms with van der Waals surface area (Å²) in [7, 11) is -9.03. The first-order valence-electron chi connectivity index (χ1n) is 13.7. The van der Waals surface area contributed by atoms with Gasteiger partial charge in [-0.05, 0) is 53.1 Å². The number of anilines is 2. The van der Waals surface area contributed by atoms with Crippen LogP contribution >= 0.6 is 0 Å². The van der Waals surface area contributed by atoms with Crippen molar-refractivity contribution in [3.63, 3.8) is 0 Å². The van der Waals surface area contributed by atoms with Gasteiger partial charge in [-0.3, -0.25) is 14.5 Å². The van der Waals surface area contributed by atoms with Crippen molar-refractivity contribution in [1.82, 2.24) is 0 Å². The van der Waals surface area contributed by atoms with Crippen LogP contribution in [0.2, 0.25) is 0 Å². The van der Waals surface area contributed by atoms with Crippen LogP contribution in [0.15, 0.2) is 129 Å². The second-order valence-electron chi connectivity index (χ2n) is 10.3. The lowest BCUT2D eigenvalue weighted by Gasteiger charge is -2.22. The van der Waals surface area contributed by atoms with E-state index in [0.29, 0.717) is 27.9 Å². The van der Waals surface area contributed by atoms with E-state index in [1.165, 1.54) is 12.1 Å². The van der Waals surface area contributed by atoms with Crippen molar-refractivity contribution < 1.29 is 25.9 Å². The van der Waals surface area contributed by atoms with Crippen LogP contribution in [0, 0.1) is 0 Å². The Morgan fingerprint density at radius 1 is 0.717 bits per heavy atom. The van der Waals surface area contributed by atoms with E-state index in [0.717, 1.165) is 11.1 Å². The summed E-state index contributed by atoms with van der Waals surface area (Å²) in [6.45, 7) is 0. The summed E-state index contributed by atoms with van der Waals surface area (Å²) in [6, 6.07) is 28.1. The number of hydrazone groups is 1. The highest BCUT2D eigenvalue weighted by Crippen LogP contribution is 2.37. The van der Waals surface area contributed by atoms with E-state index in [1.807, 2.05) is 24.3 Å². The molecular formula is C32H26N6O6S2. The maximum absolute atomic E-state index is 12.0. The molecule has 0 amide bonds. The van der Waals surface area contributed by atoms with Gasteiger partial charge < -0.3 is 11.5 Å². The fourth-order valence-corrected chi connectivity index (χ4v) is 6.56. The molecule has 0 saturated carbocycles. The van der Waals surface area contributed by atoms with E-state index in [1.54, 1.807) is 72.8 Å². The van der Waals surface area contributed by atoms with Gasteiger partial charge in [-0.2, -0.15) is 27.1 Å². The summed E-state index contributed by atoms with van der Waals surface area (Å²) in [5, 5.41) is 13.4. The number of fused-ring (bicyclic) bond motifs is 2. The minimum atomic E-state index is -4.53. The Labute approximate surface area is 264 Å². The van der Waals surface area contributed by atoms with Crippen molar-refractivity contribution >= 4 is 64.4 Å². The molecule has 1 aliphatic carbocycles. The summed E-state index contributed by atoms with van der Waals surface area (Å²) >= 11 is 0. The van der Waals surface area contributed by atoms with Crippen molar-refractivity contribution in [2.75, 3.05) is 11.2 Å². The van der Waals surface area contributed by atoms with Crippen LogP contribution in [0.3, 0.4) is 0 Å². The largest absolute Gasteiger partial charge is 0.396 e. The van der Waals surface area contributed by atoms with Crippen LogP contribution < -0.4 is 16.9 Å². The minimum absolute atomic E-state index is 0.102. The van der Waals surface area contributed by atoms with Gasteiger partial charge in [0.25, 0.3) is 20.2 Å². The Hall–Kier alpha value is -5.25. The van der Waals surface area contributed by atoms with E-state index in [-0.39, 0.29) is 32.3 Å². The minimum Gasteiger partial charge on any atom is -0.396 e. The lowest BCUT2D eigenvalue weighted by molar-refractivity contribution is 0.484. The molecule has 0 bridgehead atoms. The molecule has 1 aliphatic rings. The molecule has 5 aromatic carbocycles. The first-order chi connectivity index (χ1) is 21.9. The van der Waals surface area contributed by atoms with Crippen LogP contribution in [0.4, 0.5) is 22.7 Å². The lowest BCUT2D eigenvalue weighted by atomic mass is 9.92. The first kappa shape index (κ1) is 30.8. The quantitative estimate of drug-likeness (QED) is 0.0563. The average Bonchev–Trinajstić information content (AvgIpc) is 3.04. The van der Waals surface area contributed by atoms with Gasteiger partial charge in [0.05, 0.1) is 28.8 Å². The third-order valence-corrected chi connectivity index (χ3v) is 9.20. The summed E-state index contributed by atoms with van der Waals surface area (Å²) in [5.41, 5.74) is 19.8. The summed E-state index contributed by atoms with van der Waals surface area (Å²) in [5.74, 6) is 0. The second kappa shape index (κ2) is 11.9. The molecule has 0 radical (unpaired) electrons. The van der Waals surface area contributed by atoms with Crippen molar-refractivity contribution in [2.24, 2.45) is 21.1 Å². The van der Waals surface area contributed by atoms with E-state index in [9.17, 15) is 25.9 Å². The van der Waals surface area contributed by atoms with Crippen LogP contribution in [-0.2, 0) is 20.2 Å². The van der Waals surface area contributed by atoms with Gasteiger partial charge >= 0.3 is 0 Å². The van der Waals surface area contributed by atoms with Crippen molar-refractivity contribution in [3.05, 3.63) is 120 Å². The number of nitrogen functional groups attached to an aromatic ring is 1. The molecule has 46 heavy (non-hydrogen) atoms. The average molecular weight is 655 g/mol. The molecule has 0 aromatic heterocycles. The van der Waals surface area contributed by atoms with Gasteiger partial charge in [-0.25, -0.2) is 0 Å². The van der Waals surface area contributed by atoms with Gasteiger partial charge in [-0.1, -0.05) is 72.8 Å². The number of nitrogens with one attached hydrogen (secondary N) is 1. The lowest BCUT2D eigenvalue weighted by Crippen LogP contribution is -2.27. The van der Waals surface area contributed by atoms with Crippen molar-refractivity contribution in [3.8, 4) is 11.1 Å². The highest BCUT2D eigenvalue weighted by molar-refractivity contribution is 7.95. The summed E-state index contributed by atoms with van der Waals surface area (Å²) < 4.78 is 67.4. The molecule has 0 aliphatic heterocycles. The maximum atomic E-state index is 12.0. The molecule has 232 valence electrons. The Balaban J connectivity index is 1.19. The number of nitrogens with zero attached hydrogens (tertiary/aromatic N) is 3. The Bertz CT molecular complexity index is 2300. The van der Waals surface area contributed by atoms with Crippen LogP contribution in [-0.4, -0.2) is 31.7 Å². The molecule has 0 heterocycles. The molecular weight excluding hydrogens is 629 g/mol. The molecule has 12 nitrogen and oxygen atoms in total. The normalized spacial score (nSPS) is 16.0. The zero-order valence-electron chi connectivity index (χ0n) is 23.8. The fourth-order valence-electron chi connectivity index (χ4n) is 5.11. The van der Waals surface area contributed by atoms with E-state index in [4.69, 9.17) is 11.5 Å². The highest BCUT2D eigenvalue weighted by Gasteiger charge is 2.29. The molecule has 7 N–H and O–H groups in total. The smallest absolute Gasteiger partial charge is 0.295 e. The zero-order valence-corrected chi connectivity index (χ0v) is 25.4. The van der Waals surface area contributed by atoms with Crippen molar-refractivity contribution in [1.29, 1.82) is 0 Å². The molecule has 6 rings (SSSR count). The molecule has 14 heteroatoms. The van der Waals surface area contributed by atoms with E-state index >= 15 is 0 Å². The van der Waals surface area contributed by atoms with E-state index < -0.39 is 26.3 Å². The van der Waals surface area contributed by atoms with Gasteiger partial charge in [-0.15, -0.1) is 5.11 Å². The summed E-state index contributed by atoms with van der Waals surface area (Å²) in [6.07, 6.45) is 1.25. The van der Waals surface area contributed by atoms with Crippen molar-refractivity contribution in [2.45, 2.75) is 10.9 Å². The van der Waals surface area contributed by atoms with Gasteiger partial charge in [0, 0.05) is 16.3 Å². The number of hydrogen-bond donors (Lipinski definition) is 5. The first-order valence-corrected chi connectivity index (χ1v) is 16.6. The summed E-state index contributed by atoms with van der Waals surface area (Å²) in [4.78, 5) is -0.579. The third-order valence-electron chi connectivity index (χ3n) is 7.41. The standard InChI is InChI=1S/C32H26N6O6S2/c33-31-25-7-3-1-5-23(25)29(45(39,40)41)17-27(31)37-35-21-13-9-19(10-14-21)20-11-15-22(16-12-20)36-38-28-18-30(46(42,43)44)24-6-2-4-8-26(24)32(28)34/h1-18,31,35H,33-34H2,(H,39,40,41)(H,42,43,44)/b37-27+,38-36?. The Morgan fingerprint density at radius 2 is 1.33 bits per heavy atom. The predicted molar refractivity (Wildman–Crippen MR) is 178 cm³/mol. The fraction of sp³-hybridized carbons (Fsp3) is 0.0312. The van der Waals surface area contributed by atoms with E-state index in [2.05, 4.69) is 20.8 Å². The molecule has 0 spiro atoms. The van der Waals surface area contributed by atoms with Gasteiger partial charge in [0.15, 0.2) is 0 Å². The third kappa shape index (κ3) is 6.15. The number of azo groups is 1. The molecule has 1 unspecified atom stereocenters. The highest BCUT2D eigenvalue weighted by atomic mass is 32.2. The second-order valence-corrected chi connectivity index (χ2v) is 13.1. The number of nitrogens with two attached hydrogens (primary N) is 2. The maximum Gasteiger partial charge on any atom is 0.295 e. The Morgan fingerprint density at radius 3 is 1.98 bits per heavy atom. The Kier molecular flexibility index (Phi) is 7.97. The molecule has 0 fully saturated rings. The monoisotopic (exact) mass is 654 g/mol. The number of hydrogen-bond acceptors (Lipinski definition) is 10. The van der Waals surface area contributed by atoms with Crippen LogP contribution in [0.5, 0.6) is 0 Å². The number of benzene rings is 5. The predicted octanol–water partition coefficient (Wildman–Crippen LogP) is 6.46. The zero-order chi connectivity index (χ0) is 32.6.